The number of carbonyl (C=O) groups is 2. The maximum absolute atomic E-state index is 15.4. The molecule has 0 saturated carbocycles. The van der Waals surface area contributed by atoms with E-state index in [4.69, 9.17) is 0 Å². The minimum Gasteiger partial charge on any atom is -0.465 e. The van der Waals surface area contributed by atoms with Crippen LogP contribution in [-0.2, 0) is 18.3 Å². The number of aliphatic hydroxyl groups excluding tert-OH is 1. The van der Waals surface area contributed by atoms with Gasteiger partial charge >= 0.3 is 6.09 Å². The van der Waals surface area contributed by atoms with Gasteiger partial charge in [-0.1, -0.05) is 6.92 Å². The Balaban J connectivity index is 2.00. The third-order valence-electron chi connectivity index (χ3n) is 5.63. The SMILES string of the molecule is Cn1cc(N(C2CN(C(=O)O)CC2(C)CO)S(=O)O)c(F)c1C(=O)Nc1cc(F)c(F)c(F)c1. The van der Waals surface area contributed by atoms with Crippen LogP contribution >= 0.6 is 0 Å². The third kappa shape index (κ3) is 4.45. The molecule has 3 atom stereocenters. The molecule has 15 heteroatoms. The Kier molecular flexibility index (Phi) is 6.91. The summed E-state index contributed by atoms with van der Waals surface area (Å²) in [7, 11) is 1.22. The molecule has 1 aliphatic rings. The van der Waals surface area contributed by atoms with Gasteiger partial charge in [-0.2, -0.15) is 0 Å². The lowest BCUT2D eigenvalue weighted by Gasteiger charge is -2.35. The summed E-state index contributed by atoms with van der Waals surface area (Å²) in [4.78, 5) is 24.9. The number of carboxylic acid groups (broad SMARTS) is 1. The Morgan fingerprint density at radius 2 is 1.82 bits per heavy atom. The van der Waals surface area contributed by atoms with Crippen LogP contribution in [0.2, 0.25) is 0 Å². The van der Waals surface area contributed by atoms with Crippen LogP contribution in [-0.4, -0.2) is 66.2 Å². The largest absolute Gasteiger partial charge is 0.465 e. The lowest BCUT2D eigenvalue weighted by atomic mass is 9.86. The van der Waals surface area contributed by atoms with Crippen molar-refractivity contribution in [3.8, 4) is 0 Å². The Morgan fingerprint density at radius 3 is 2.32 bits per heavy atom. The number of carbonyl (C=O) groups excluding carboxylic acids is 1. The van der Waals surface area contributed by atoms with Gasteiger partial charge in [0.15, 0.2) is 23.3 Å². The van der Waals surface area contributed by atoms with Crippen molar-refractivity contribution in [2.45, 2.75) is 13.0 Å². The molecule has 2 amide bonds. The van der Waals surface area contributed by atoms with Gasteiger partial charge < -0.3 is 25.0 Å². The average Bonchev–Trinajstić information content (AvgIpc) is 3.23. The standard InChI is InChI=1S/C19H20F4N4O6S/c1-19(8-28)7-26(18(30)31)6-13(19)27(34(32)33)12-5-25(2)16(15(12)23)17(29)24-9-3-10(20)14(22)11(21)4-9/h3-5,13,28H,6-8H2,1-2H3,(H,24,29)(H,30,31)(H,32,33). The summed E-state index contributed by atoms with van der Waals surface area (Å²) in [6.45, 7) is 0.300. The van der Waals surface area contributed by atoms with E-state index in [-0.39, 0.29) is 13.1 Å². The van der Waals surface area contributed by atoms with E-state index in [0.29, 0.717) is 16.4 Å². The number of likely N-dealkylation sites (tertiary alicyclic amines) is 1. The van der Waals surface area contributed by atoms with E-state index in [9.17, 15) is 41.7 Å². The number of nitrogens with zero attached hydrogens (tertiary/aromatic N) is 3. The first-order valence-electron chi connectivity index (χ1n) is 9.60. The monoisotopic (exact) mass is 508 g/mol. The fourth-order valence-electron chi connectivity index (χ4n) is 3.87. The summed E-state index contributed by atoms with van der Waals surface area (Å²) in [5.41, 5.74) is -3.02. The van der Waals surface area contributed by atoms with Crippen molar-refractivity contribution < 1.29 is 46.1 Å². The zero-order valence-corrected chi connectivity index (χ0v) is 18.6. The summed E-state index contributed by atoms with van der Waals surface area (Å²) in [6, 6.07) is -0.190. The Hall–Kier alpha value is -3.17. The lowest BCUT2D eigenvalue weighted by Crippen LogP contribution is -2.49. The molecule has 0 spiro atoms. The van der Waals surface area contributed by atoms with Crippen molar-refractivity contribution >= 4 is 34.6 Å². The van der Waals surface area contributed by atoms with E-state index in [1.807, 2.05) is 5.32 Å². The van der Waals surface area contributed by atoms with Crippen molar-refractivity contribution in [2.24, 2.45) is 12.5 Å². The molecule has 0 aliphatic carbocycles. The highest BCUT2D eigenvalue weighted by atomic mass is 32.2. The highest BCUT2D eigenvalue weighted by molar-refractivity contribution is 7.80. The van der Waals surface area contributed by atoms with Gasteiger partial charge in [-0.3, -0.25) is 13.7 Å². The molecular formula is C19H20F4N4O6S. The highest BCUT2D eigenvalue weighted by Gasteiger charge is 2.50. The second-order valence-corrected chi connectivity index (χ2v) is 8.90. The molecule has 2 heterocycles. The number of hydrogen-bond donors (Lipinski definition) is 4. The van der Waals surface area contributed by atoms with Gasteiger partial charge in [0.2, 0.25) is 0 Å². The number of aromatic nitrogens is 1. The number of hydrogen-bond acceptors (Lipinski definition) is 4. The fraction of sp³-hybridized carbons (Fsp3) is 0.368. The van der Waals surface area contributed by atoms with Gasteiger partial charge in [-0.15, -0.1) is 0 Å². The van der Waals surface area contributed by atoms with Crippen molar-refractivity contribution in [1.29, 1.82) is 0 Å². The Morgan fingerprint density at radius 1 is 1.24 bits per heavy atom. The minimum atomic E-state index is -2.91. The number of halogens is 4. The molecule has 34 heavy (non-hydrogen) atoms. The first kappa shape index (κ1) is 25.5. The molecule has 3 rings (SSSR count). The minimum absolute atomic E-state index is 0.208. The summed E-state index contributed by atoms with van der Waals surface area (Å²) in [6.07, 6.45) is -0.357. The average molecular weight is 508 g/mol. The van der Waals surface area contributed by atoms with E-state index < -0.39 is 81.7 Å². The molecule has 0 bridgehead atoms. The highest BCUT2D eigenvalue weighted by Crippen LogP contribution is 2.38. The third-order valence-corrected chi connectivity index (χ3v) is 6.42. The molecule has 186 valence electrons. The Labute approximate surface area is 192 Å². The van der Waals surface area contributed by atoms with Crippen LogP contribution in [0.5, 0.6) is 0 Å². The predicted octanol–water partition coefficient (Wildman–Crippen LogP) is 2.14. The molecule has 1 saturated heterocycles. The quantitative estimate of drug-likeness (QED) is 0.268. The van der Waals surface area contributed by atoms with Gasteiger partial charge in [0.25, 0.3) is 17.2 Å². The fourth-order valence-corrected chi connectivity index (χ4v) is 4.70. The van der Waals surface area contributed by atoms with Crippen LogP contribution in [0.15, 0.2) is 18.3 Å². The molecule has 1 aromatic carbocycles. The molecule has 0 radical (unpaired) electrons. The smallest absolute Gasteiger partial charge is 0.407 e. The molecular weight excluding hydrogens is 488 g/mol. The number of benzene rings is 1. The van der Waals surface area contributed by atoms with E-state index >= 15 is 4.39 Å². The maximum atomic E-state index is 15.4. The topological polar surface area (TPSA) is 135 Å². The Bertz CT molecular complexity index is 1150. The maximum Gasteiger partial charge on any atom is 0.407 e. The van der Waals surface area contributed by atoms with Gasteiger partial charge in [0.05, 0.1) is 12.6 Å². The molecule has 1 fully saturated rings. The number of aliphatic hydroxyl groups is 1. The summed E-state index contributed by atoms with van der Waals surface area (Å²) in [5, 5.41) is 21.2. The normalized spacial score (nSPS) is 20.9. The van der Waals surface area contributed by atoms with Crippen molar-refractivity contribution in [3.63, 3.8) is 0 Å². The molecule has 3 unspecified atom stereocenters. The van der Waals surface area contributed by atoms with E-state index in [1.54, 1.807) is 0 Å². The van der Waals surface area contributed by atoms with Crippen molar-refractivity contribution in [1.82, 2.24) is 9.47 Å². The van der Waals surface area contributed by atoms with Gasteiger partial charge in [-0.05, 0) is 0 Å². The van der Waals surface area contributed by atoms with E-state index in [1.165, 1.54) is 14.0 Å². The first-order valence-corrected chi connectivity index (χ1v) is 10.7. The van der Waals surface area contributed by atoms with Crippen LogP contribution in [0, 0.1) is 28.7 Å². The van der Waals surface area contributed by atoms with Crippen molar-refractivity contribution in [2.75, 3.05) is 29.3 Å². The van der Waals surface area contributed by atoms with E-state index in [0.717, 1.165) is 15.7 Å². The number of aryl methyl sites for hydroxylation is 1. The molecule has 2 aromatic rings. The summed E-state index contributed by atoms with van der Waals surface area (Å²) >= 11 is -2.91. The van der Waals surface area contributed by atoms with Gasteiger partial charge in [0.1, 0.15) is 11.4 Å². The van der Waals surface area contributed by atoms with Crippen LogP contribution in [0.4, 0.5) is 33.7 Å². The van der Waals surface area contributed by atoms with Crippen molar-refractivity contribution in [3.05, 3.63) is 47.3 Å². The molecule has 10 nitrogen and oxygen atoms in total. The number of anilines is 2. The number of nitrogens with one attached hydrogen (secondary N) is 1. The second kappa shape index (κ2) is 9.23. The molecule has 4 N–H and O–H groups in total. The molecule has 1 aromatic heterocycles. The zero-order valence-electron chi connectivity index (χ0n) is 17.8. The van der Waals surface area contributed by atoms with Gasteiger partial charge in [-0.25, -0.2) is 26.6 Å². The molecule has 1 aliphatic heterocycles. The number of amides is 2. The summed E-state index contributed by atoms with van der Waals surface area (Å²) in [5.74, 6) is -7.43. The predicted molar refractivity (Wildman–Crippen MR) is 111 cm³/mol. The zero-order chi connectivity index (χ0) is 25.5. The summed E-state index contributed by atoms with van der Waals surface area (Å²) < 4.78 is 79.1. The van der Waals surface area contributed by atoms with Gasteiger partial charge in [0, 0.05) is 49.6 Å². The number of rotatable bonds is 6. The van der Waals surface area contributed by atoms with Crippen LogP contribution < -0.4 is 9.62 Å². The second-order valence-electron chi connectivity index (χ2n) is 8.04. The van der Waals surface area contributed by atoms with E-state index in [2.05, 4.69) is 0 Å². The van der Waals surface area contributed by atoms with Crippen LogP contribution in [0.3, 0.4) is 0 Å². The lowest BCUT2D eigenvalue weighted by molar-refractivity contribution is 0.101. The van der Waals surface area contributed by atoms with Crippen LogP contribution in [0.1, 0.15) is 17.4 Å². The first-order chi connectivity index (χ1) is 15.8. The van der Waals surface area contributed by atoms with Crippen LogP contribution in [0.25, 0.3) is 0 Å².